The lowest BCUT2D eigenvalue weighted by atomic mass is 9.95. The fraction of sp³-hybridized carbons (Fsp3) is 0.435. The van der Waals surface area contributed by atoms with Crippen LogP contribution in [0.4, 0.5) is 0 Å². The van der Waals surface area contributed by atoms with Crippen molar-refractivity contribution in [2.75, 3.05) is 34.4 Å². The molecule has 0 bridgehead atoms. The zero-order chi connectivity index (χ0) is 20.2. The molecule has 0 saturated carbocycles. The quantitative estimate of drug-likeness (QED) is 0.554. The zero-order valence-electron chi connectivity index (χ0n) is 17.0. The summed E-state index contributed by atoms with van der Waals surface area (Å²) in [6.07, 6.45) is 3.84. The molecule has 0 aliphatic rings. The van der Waals surface area contributed by atoms with E-state index < -0.39 is 0 Å². The molecule has 0 amide bonds. The number of methoxy groups -OCH3 is 3. The molecule has 2 aromatic carbocycles. The summed E-state index contributed by atoms with van der Waals surface area (Å²) in [6.45, 7) is 1.86. The van der Waals surface area contributed by atoms with E-state index in [1.807, 2.05) is 30.3 Å². The van der Waals surface area contributed by atoms with Crippen molar-refractivity contribution in [2.24, 2.45) is 0 Å². The standard InChI is InChI=1S/C23H30N2O3/c1-26-21-10-4-7-18(13-21)8-5-11-25-12-6-9-19(17-24)20-14-22(27-2)16-23(15-20)28-3/h4,7,10,13-16,19,25H,5-6,8-9,11-12H2,1-3H3. The molecule has 0 saturated heterocycles. The van der Waals surface area contributed by atoms with Gasteiger partial charge in [-0.1, -0.05) is 12.1 Å². The molecular weight excluding hydrogens is 352 g/mol. The minimum Gasteiger partial charge on any atom is -0.497 e. The second kappa shape index (κ2) is 11.9. The lowest BCUT2D eigenvalue weighted by Gasteiger charge is -2.13. The van der Waals surface area contributed by atoms with Crippen molar-refractivity contribution < 1.29 is 14.2 Å². The third kappa shape index (κ3) is 6.79. The van der Waals surface area contributed by atoms with Crippen LogP contribution in [0.1, 0.15) is 36.3 Å². The fourth-order valence-electron chi connectivity index (χ4n) is 3.14. The summed E-state index contributed by atoms with van der Waals surface area (Å²) < 4.78 is 15.9. The van der Waals surface area contributed by atoms with Crippen LogP contribution in [0.15, 0.2) is 42.5 Å². The van der Waals surface area contributed by atoms with E-state index >= 15 is 0 Å². The summed E-state index contributed by atoms with van der Waals surface area (Å²) in [4.78, 5) is 0. The van der Waals surface area contributed by atoms with E-state index in [1.54, 1.807) is 21.3 Å². The summed E-state index contributed by atoms with van der Waals surface area (Å²) in [5, 5.41) is 13.0. The fourth-order valence-corrected chi connectivity index (χ4v) is 3.14. The predicted molar refractivity (Wildman–Crippen MR) is 111 cm³/mol. The SMILES string of the molecule is COc1cccc(CCCNCCCC(C#N)c2cc(OC)cc(OC)c2)c1. The molecule has 1 atom stereocenters. The van der Waals surface area contributed by atoms with Crippen molar-refractivity contribution in [3.05, 3.63) is 53.6 Å². The van der Waals surface area contributed by atoms with Crippen LogP contribution in [0.25, 0.3) is 0 Å². The van der Waals surface area contributed by atoms with Crippen molar-refractivity contribution >= 4 is 0 Å². The van der Waals surface area contributed by atoms with Crippen LogP contribution in [0, 0.1) is 11.3 Å². The smallest absolute Gasteiger partial charge is 0.122 e. The highest BCUT2D eigenvalue weighted by Gasteiger charge is 2.13. The molecule has 2 aromatic rings. The second-order valence-electron chi connectivity index (χ2n) is 6.67. The summed E-state index contributed by atoms with van der Waals surface area (Å²) >= 11 is 0. The molecule has 5 nitrogen and oxygen atoms in total. The Morgan fingerprint density at radius 3 is 2.21 bits per heavy atom. The van der Waals surface area contributed by atoms with E-state index in [-0.39, 0.29) is 5.92 Å². The second-order valence-corrected chi connectivity index (χ2v) is 6.67. The zero-order valence-corrected chi connectivity index (χ0v) is 17.0. The Morgan fingerprint density at radius 1 is 0.893 bits per heavy atom. The molecule has 0 aliphatic heterocycles. The Labute approximate surface area is 168 Å². The van der Waals surface area contributed by atoms with E-state index in [0.717, 1.165) is 50.1 Å². The molecule has 28 heavy (non-hydrogen) atoms. The summed E-state index contributed by atoms with van der Waals surface area (Å²) in [7, 11) is 4.93. The lowest BCUT2D eigenvalue weighted by Crippen LogP contribution is -2.17. The summed E-state index contributed by atoms with van der Waals surface area (Å²) in [5.74, 6) is 2.17. The van der Waals surface area contributed by atoms with Gasteiger partial charge in [-0.15, -0.1) is 0 Å². The first-order valence-electron chi connectivity index (χ1n) is 9.66. The molecular formula is C23H30N2O3. The first kappa shape index (κ1) is 21.6. The number of hydrogen-bond donors (Lipinski definition) is 1. The maximum absolute atomic E-state index is 9.55. The first-order valence-corrected chi connectivity index (χ1v) is 9.66. The minimum absolute atomic E-state index is 0.164. The van der Waals surface area contributed by atoms with E-state index in [1.165, 1.54) is 5.56 Å². The van der Waals surface area contributed by atoms with Crippen LogP contribution in [-0.2, 0) is 6.42 Å². The maximum Gasteiger partial charge on any atom is 0.122 e. The molecule has 0 fully saturated rings. The van der Waals surface area contributed by atoms with Crippen LogP contribution in [0.3, 0.4) is 0 Å². The average molecular weight is 383 g/mol. The van der Waals surface area contributed by atoms with Crippen molar-refractivity contribution in [3.63, 3.8) is 0 Å². The highest BCUT2D eigenvalue weighted by molar-refractivity contribution is 5.41. The Bertz CT molecular complexity index is 748. The summed E-state index contributed by atoms with van der Waals surface area (Å²) in [5.41, 5.74) is 2.23. The molecule has 1 N–H and O–H groups in total. The van der Waals surface area contributed by atoms with Crippen molar-refractivity contribution in [1.82, 2.24) is 5.32 Å². The van der Waals surface area contributed by atoms with Gasteiger partial charge in [-0.2, -0.15) is 5.26 Å². The number of ether oxygens (including phenoxy) is 3. The van der Waals surface area contributed by atoms with E-state index in [4.69, 9.17) is 14.2 Å². The van der Waals surface area contributed by atoms with Gasteiger partial charge in [0.2, 0.25) is 0 Å². The molecule has 1 unspecified atom stereocenters. The third-order valence-corrected chi connectivity index (χ3v) is 4.73. The molecule has 0 aromatic heterocycles. The van der Waals surface area contributed by atoms with Crippen LogP contribution in [0.5, 0.6) is 17.2 Å². The molecule has 2 rings (SSSR count). The van der Waals surface area contributed by atoms with Crippen molar-refractivity contribution in [3.8, 4) is 23.3 Å². The number of nitrogens with zero attached hydrogens (tertiary/aromatic N) is 1. The van der Waals surface area contributed by atoms with Gasteiger partial charge in [0, 0.05) is 6.07 Å². The van der Waals surface area contributed by atoms with Gasteiger partial charge in [0.15, 0.2) is 0 Å². The molecule has 0 spiro atoms. The number of aryl methyl sites for hydroxylation is 1. The molecule has 0 radical (unpaired) electrons. The Hall–Kier alpha value is -2.71. The highest BCUT2D eigenvalue weighted by Crippen LogP contribution is 2.29. The molecule has 5 heteroatoms. The Morgan fingerprint density at radius 2 is 1.57 bits per heavy atom. The number of rotatable bonds is 12. The molecule has 150 valence electrons. The highest BCUT2D eigenvalue weighted by atomic mass is 16.5. The Balaban J connectivity index is 1.71. The third-order valence-electron chi connectivity index (χ3n) is 4.73. The van der Waals surface area contributed by atoms with E-state index in [0.29, 0.717) is 11.5 Å². The topological polar surface area (TPSA) is 63.5 Å². The van der Waals surface area contributed by atoms with Gasteiger partial charge in [-0.3, -0.25) is 0 Å². The molecule has 0 heterocycles. The lowest BCUT2D eigenvalue weighted by molar-refractivity contribution is 0.393. The predicted octanol–water partition coefficient (Wildman–Crippen LogP) is 4.32. The Kier molecular flexibility index (Phi) is 9.17. The van der Waals surface area contributed by atoms with Crippen LogP contribution >= 0.6 is 0 Å². The van der Waals surface area contributed by atoms with Gasteiger partial charge in [0.25, 0.3) is 0 Å². The average Bonchev–Trinajstić information content (AvgIpc) is 2.75. The number of hydrogen-bond acceptors (Lipinski definition) is 5. The normalized spacial score (nSPS) is 11.5. The summed E-state index contributed by atoms with van der Waals surface area (Å²) in [6, 6.07) is 16.3. The van der Waals surface area contributed by atoms with Gasteiger partial charge in [0.05, 0.1) is 33.3 Å². The maximum atomic E-state index is 9.55. The van der Waals surface area contributed by atoms with Crippen LogP contribution in [-0.4, -0.2) is 34.4 Å². The van der Waals surface area contributed by atoms with Gasteiger partial charge in [-0.05, 0) is 74.2 Å². The van der Waals surface area contributed by atoms with Gasteiger partial charge < -0.3 is 19.5 Å². The first-order chi connectivity index (χ1) is 13.7. The van der Waals surface area contributed by atoms with Crippen molar-refractivity contribution in [1.29, 1.82) is 5.26 Å². The van der Waals surface area contributed by atoms with Crippen molar-refractivity contribution in [2.45, 2.75) is 31.6 Å². The van der Waals surface area contributed by atoms with Crippen LogP contribution < -0.4 is 19.5 Å². The van der Waals surface area contributed by atoms with E-state index in [9.17, 15) is 5.26 Å². The van der Waals surface area contributed by atoms with E-state index in [2.05, 4.69) is 23.5 Å². The van der Waals surface area contributed by atoms with Crippen LogP contribution in [0.2, 0.25) is 0 Å². The van der Waals surface area contributed by atoms with Gasteiger partial charge in [-0.25, -0.2) is 0 Å². The largest absolute Gasteiger partial charge is 0.497 e. The number of nitrogens with one attached hydrogen (secondary N) is 1. The van der Waals surface area contributed by atoms with Gasteiger partial charge in [0.1, 0.15) is 17.2 Å². The molecule has 0 aliphatic carbocycles. The number of benzene rings is 2. The number of nitriles is 1. The monoisotopic (exact) mass is 382 g/mol. The van der Waals surface area contributed by atoms with Gasteiger partial charge >= 0.3 is 0 Å². The minimum atomic E-state index is -0.164.